The molecule has 0 spiro atoms. The summed E-state index contributed by atoms with van der Waals surface area (Å²) in [6.45, 7) is 6.00. The monoisotopic (exact) mass is 442 g/mol. The van der Waals surface area contributed by atoms with E-state index in [1.165, 1.54) is 5.56 Å². The first-order valence-electron chi connectivity index (χ1n) is 10.4. The molecule has 0 N–H and O–H groups in total. The van der Waals surface area contributed by atoms with Crippen LogP contribution in [0.5, 0.6) is 5.75 Å². The first kappa shape index (κ1) is 21.1. The van der Waals surface area contributed by atoms with Gasteiger partial charge in [0.1, 0.15) is 12.4 Å². The van der Waals surface area contributed by atoms with Gasteiger partial charge in [-0.15, -0.1) is 12.6 Å². The number of likely N-dealkylation sites (tertiary alicyclic amines) is 1. The van der Waals surface area contributed by atoms with E-state index in [4.69, 9.17) is 16.3 Å². The number of carbonyl (C=O) groups is 1. The summed E-state index contributed by atoms with van der Waals surface area (Å²) in [5.41, 5.74) is 2.28. The highest BCUT2D eigenvalue weighted by molar-refractivity contribution is 7.80. The van der Waals surface area contributed by atoms with Gasteiger partial charge in [-0.05, 0) is 54.8 Å². The fourth-order valence-corrected chi connectivity index (χ4v) is 4.53. The van der Waals surface area contributed by atoms with Crippen LogP contribution in [0.3, 0.4) is 0 Å². The van der Waals surface area contributed by atoms with Crippen LogP contribution >= 0.6 is 24.2 Å². The van der Waals surface area contributed by atoms with Crippen LogP contribution in [0.25, 0.3) is 10.9 Å². The average Bonchev–Trinajstić information content (AvgIpc) is 3.31. The Morgan fingerprint density at radius 2 is 1.97 bits per heavy atom. The first-order valence-corrected chi connectivity index (χ1v) is 11.2. The molecule has 0 aliphatic carbocycles. The summed E-state index contributed by atoms with van der Waals surface area (Å²) in [5.74, 6) is 1.06. The van der Waals surface area contributed by atoms with Crippen molar-refractivity contribution in [3.8, 4) is 5.75 Å². The van der Waals surface area contributed by atoms with Crippen LogP contribution in [0.2, 0.25) is 5.02 Å². The lowest BCUT2D eigenvalue weighted by atomic mass is 10.1. The third-order valence-corrected chi connectivity index (χ3v) is 6.32. The minimum absolute atomic E-state index is 0.0242. The molecule has 3 aromatic rings. The Morgan fingerprint density at radius 1 is 1.20 bits per heavy atom. The topological polar surface area (TPSA) is 34.5 Å². The quantitative estimate of drug-likeness (QED) is 0.500. The second-order valence-corrected chi connectivity index (χ2v) is 9.12. The summed E-state index contributed by atoms with van der Waals surface area (Å²) in [7, 11) is 0. The van der Waals surface area contributed by atoms with Gasteiger partial charge in [-0.3, -0.25) is 4.79 Å². The predicted octanol–water partition coefficient (Wildman–Crippen LogP) is 5.66. The largest absolute Gasteiger partial charge is 0.491 e. The molecule has 2 heterocycles. The number of halogens is 1. The van der Waals surface area contributed by atoms with Crippen LogP contribution in [-0.2, 0) is 11.3 Å². The molecule has 1 aliphatic rings. The average molecular weight is 443 g/mol. The SMILES string of the molecule is CC(C)C(=O)N1CCC[C@H]1COc1ccc2c(c1)cc(S)n2Cc1ccc(Cl)cc1. The molecule has 1 fully saturated rings. The van der Waals surface area contributed by atoms with E-state index in [9.17, 15) is 4.79 Å². The number of thiol groups is 1. The number of benzene rings is 2. The Labute approximate surface area is 188 Å². The van der Waals surface area contributed by atoms with Gasteiger partial charge in [0.05, 0.1) is 11.1 Å². The molecular weight excluding hydrogens is 416 g/mol. The van der Waals surface area contributed by atoms with Crippen molar-refractivity contribution in [3.63, 3.8) is 0 Å². The molecule has 30 heavy (non-hydrogen) atoms. The zero-order valence-corrected chi connectivity index (χ0v) is 19.0. The van der Waals surface area contributed by atoms with E-state index in [1.54, 1.807) is 0 Å². The van der Waals surface area contributed by atoms with E-state index in [0.29, 0.717) is 6.61 Å². The van der Waals surface area contributed by atoms with E-state index in [-0.39, 0.29) is 17.9 Å². The maximum absolute atomic E-state index is 12.4. The molecule has 1 amide bonds. The molecule has 6 heteroatoms. The number of fused-ring (bicyclic) bond motifs is 1. The molecule has 1 aromatic heterocycles. The smallest absolute Gasteiger partial charge is 0.225 e. The van der Waals surface area contributed by atoms with Gasteiger partial charge in [-0.25, -0.2) is 0 Å². The molecule has 0 unspecified atom stereocenters. The summed E-state index contributed by atoms with van der Waals surface area (Å²) in [6.07, 6.45) is 2.04. The van der Waals surface area contributed by atoms with Gasteiger partial charge in [0.15, 0.2) is 0 Å². The molecule has 1 atom stereocenters. The lowest BCUT2D eigenvalue weighted by Gasteiger charge is -2.26. The molecule has 2 aromatic carbocycles. The third-order valence-electron chi connectivity index (χ3n) is 5.70. The van der Waals surface area contributed by atoms with Crippen LogP contribution in [0.1, 0.15) is 32.3 Å². The Bertz CT molecular complexity index is 1050. The summed E-state index contributed by atoms with van der Waals surface area (Å²) >= 11 is 10.7. The molecule has 158 valence electrons. The maximum Gasteiger partial charge on any atom is 0.225 e. The van der Waals surface area contributed by atoms with Crippen LogP contribution < -0.4 is 4.74 Å². The highest BCUT2D eigenvalue weighted by Crippen LogP contribution is 2.28. The van der Waals surface area contributed by atoms with Gasteiger partial charge in [0.25, 0.3) is 0 Å². The second-order valence-electron chi connectivity index (χ2n) is 8.23. The van der Waals surface area contributed by atoms with E-state index in [0.717, 1.165) is 52.6 Å². The number of carbonyl (C=O) groups excluding carboxylic acids is 1. The summed E-state index contributed by atoms with van der Waals surface area (Å²) in [5, 5.41) is 2.73. The van der Waals surface area contributed by atoms with E-state index >= 15 is 0 Å². The molecule has 0 saturated carbocycles. The molecule has 0 bridgehead atoms. The zero-order chi connectivity index (χ0) is 21.3. The van der Waals surface area contributed by atoms with Crippen molar-refractivity contribution < 1.29 is 9.53 Å². The maximum atomic E-state index is 12.4. The third kappa shape index (κ3) is 4.47. The highest BCUT2D eigenvalue weighted by atomic mass is 35.5. The second kappa shape index (κ2) is 8.94. The van der Waals surface area contributed by atoms with Crippen molar-refractivity contribution in [1.82, 2.24) is 9.47 Å². The van der Waals surface area contributed by atoms with Crippen molar-refractivity contribution in [2.24, 2.45) is 5.92 Å². The number of hydrogen-bond donors (Lipinski definition) is 1. The number of amides is 1. The number of hydrogen-bond acceptors (Lipinski definition) is 3. The highest BCUT2D eigenvalue weighted by Gasteiger charge is 2.30. The molecule has 1 saturated heterocycles. The number of ether oxygens (including phenoxy) is 1. The van der Waals surface area contributed by atoms with Crippen molar-refractivity contribution in [2.75, 3.05) is 13.2 Å². The van der Waals surface area contributed by atoms with Gasteiger partial charge in [0, 0.05) is 34.9 Å². The standard InChI is InChI=1S/C24H27ClN2O2S/c1-16(2)24(28)26-11-3-4-20(26)15-29-21-9-10-22-18(12-21)13-23(30)27(22)14-17-5-7-19(25)8-6-17/h5-10,12-13,16,20,30H,3-4,11,14-15H2,1-2H3/t20-/m0/s1. The first-order chi connectivity index (χ1) is 14.4. The summed E-state index contributed by atoms with van der Waals surface area (Å²) < 4.78 is 8.27. The lowest BCUT2D eigenvalue weighted by molar-refractivity contribution is -0.135. The molecule has 1 aliphatic heterocycles. The van der Waals surface area contributed by atoms with E-state index in [2.05, 4.69) is 35.4 Å². The van der Waals surface area contributed by atoms with Crippen molar-refractivity contribution >= 4 is 41.0 Å². The molecule has 0 radical (unpaired) electrons. The van der Waals surface area contributed by atoms with Gasteiger partial charge in [-0.1, -0.05) is 37.6 Å². The summed E-state index contributed by atoms with van der Waals surface area (Å²) in [4.78, 5) is 14.4. The van der Waals surface area contributed by atoms with Crippen molar-refractivity contribution in [1.29, 1.82) is 0 Å². The fourth-order valence-electron chi connectivity index (χ4n) is 4.09. The molecule has 4 nitrogen and oxygen atoms in total. The Morgan fingerprint density at radius 3 is 2.70 bits per heavy atom. The lowest BCUT2D eigenvalue weighted by Crippen LogP contribution is -2.41. The van der Waals surface area contributed by atoms with Crippen LogP contribution in [0, 0.1) is 5.92 Å². The van der Waals surface area contributed by atoms with E-state index < -0.39 is 0 Å². The Balaban J connectivity index is 1.48. The van der Waals surface area contributed by atoms with Gasteiger partial charge in [0.2, 0.25) is 5.91 Å². The van der Waals surface area contributed by atoms with E-state index in [1.807, 2.05) is 49.1 Å². The number of rotatable bonds is 6. The fraction of sp³-hybridized carbons (Fsp3) is 0.375. The minimum atomic E-state index is 0.0242. The van der Waals surface area contributed by atoms with Gasteiger partial charge >= 0.3 is 0 Å². The van der Waals surface area contributed by atoms with Crippen LogP contribution in [0.15, 0.2) is 53.6 Å². The summed E-state index contributed by atoms with van der Waals surface area (Å²) in [6, 6.07) is 16.2. The van der Waals surface area contributed by atoms with Crippen LogP contribution in [-0.4, -0.2) is 34.6 Å². The Kier molecular flexibility index (Phi) is 6.30. The van der Waals surface area contributed by atoms with Crippen molar-refractivity contribution in [3.05, 3.63) is 59.1 Å². The number of aromatic nitrogens is 1. The predicted molar refractivity (Wildman–Crippen MR) is 125 cm³/mol. The number of nitrogens with zero attached hydrogens (tertiary/aromatic N) is 2. The molecular formula is C24H27ClN2O2S. The Hall–Kier alpha value is -2.11. The molecule has 4 rings (SSSR count). The van der Waals surface area contributed by atoms with Gasteiger partial charge in [-0.2, -0.15) is 0 Å². The van der Waals surface area contributed by atoms with Crippen molar-refractivity contribution in [2.45, 2.75) is 44.3 Å². The minimum Gasteiger partial charge on any atom is -0.491 e. The normalized spacial score (nSPS) is 16.6. The van der Waals surface area contributed by atoms with Gasteiger partial charge < -0.3 is 14.2 Å². The zero-order valence-electron chi connectivity index (χ0n) is 17.3. The van der Waals surface area contributed by atoms with Crippen LogP contribution in [0.4, 0.5) is 0 Å².